The number of hydrogen-bond acceptors (Lipinski definition) is 6. The molecule has 0 bridgehead atoms. The molecule has 1 fully saturated rings. The molecule has 2 unspecified atom stereocenters. The van der Waals surface area contributed by atoms with Gasteiger partial charge in [-0.15, -0.1) is 0 Å². The number of nitrogens with zero attached hydrogens (tertiary/aromatic N) is 5. The fraction of sp³-hybridized carbons (Fsp3) is 0.458. The zero-order valence-electron chi connectivity index (χ0n) is 19.4. The first kappa shape index (κ1) is 22.3. The highest BCUT2D eigenvalue weighted by molar-refractivity contribution is 7.51. The molecule has 2 N–H and O–H groups in total. The lowest BCUT2D eigenvalue weighted by atomic mass is 9.89. The van der Waals surface area contributed by atoms with Crippen molar-refractivity contribution in [3.05, 3.63) is 59.5 Å². The van der Waals surface area contributed by atoms with Gasteiger partial charge in [-0.2, -0.15) is 5.10 Å². The van der Waals surface area contributed by atoms with Crippen LogP contribution in [0.2, 0.25) is 0 Å². The Morgan fingerprint density at radius 1 is 1.30 bits per heavy atom. The van der Waals surface area contributed by atoms with Crippen LogP contribution in [0.1, 0.15) is 36.8 Å². The Kier molecular flexibility index (Phi) is 5.85. The van der Waals surface area contributed by atoms with Gasteiger partial charge in [-0.1, -0.05) is 14.7 Å². The third kappa shape index (κ3) is 4.35. The summed E-state index contributed by atoms with van der Waals surface area (Å²) in [4.78, 5) is 21.8. The molecular formula is C24H31N6O2P. The number of carbonyl (C=O) groups excluding carboxylic acids is 1. The number of aryl methyl sites for hydroxylation is 2. The fourth-order valence-corrected chi connectivity index (χ4v) is 6.14. The second-order valence-corrected chi connectivity index (χ2v) is 10.7. The van der Waals surface area contributed by atoms with Crippen LogP contribution in [-0.4, -0.2) is 73.0 Å². The molecule has 8 nitrogen and oxygen atoms in total. The molecule has 1 saturated heterocycles. The Bertz CT molecular complexity index is 1180. The molecule has 5 heterocycles. The van der Waals surface area contributed by atoms with E-state index in [0.717, 1.165) is 59.5 Å². The second-order valence-electron chi connectivity index (χ2n) is 9.33. The van der Waals surface area contributed by atoms with E-state index in [4.69, 9.17) is 10.2 Å². The summed E-state index contributed by atoms with van der Waals surface area (Å²) in [6.07, 6.45) is 12.0. The maximum atomic E-state index is 13.1. The molecule has 1 amide bonds. The minimum Gasteiger partial charge on any atom is -0.395 e. The number of carbonyl (C=O) groups is 1. The van der Waals surface area contributed by atoms with Crippen LogP contribution in [0.4, 0.5) is 0 Å². The monoisotopic (exact) mass is 466 g/mol. The van der Waals surface area contributed by atoms with Crippen LogP contribution in [0.25, 0.3) is 10.8 Å². The lowest BCUT2D eigenvalue weighted by Gasteiger charge is -2.43. The molecule has 0 saturated carbocycles. The number of allylic oxidation sites excluding steroid dienone is 1. The van der Waals surface area contributed by atoms with Crippen LogP contribution in [0.3, 0.4) is 0 Å². The summed E-state index contributed by atoms with van der Waals surface area (Å²) in [5.74, 6) is 0.0402. The van der Waals surface area contributed by atoms with Crippen molar-refractivity contribution in [3.63, 3.8) is 0 Å². The average Bonchev–Trinajstić information content (AvgIpc) is 3.23. The van der Waals surface area contributed by atoms with Crippen LogP contribution >= 0.6 is 8.58 Å². The first-order valence-electron chi connectivity index (χ1n) is 11.5. The van der Waals surface area contributed by atoms with Gasteiger partial charge in [0.25, 0.3) is 5.91 Å². The Balaban J connectivity index is 1.32. The molecule has 0 aliphatic carbocycles. The van der Waals surface area contributed by atoms with Crippen LogP contribution in [0.5, 0.6) is 0 Å². The van der Waals surface area contributed by atoms with E-state index < -0.39 is 0 Å². The summed E-state index contributed by atoms with van der Waals surface area (Å²) in [6, 6.07) is 2.03. The number of hydrogen-bond donors (Lipinski definition) is 2. The van der Waals surface area contributed by atoms with Gasteiger partial charge in [-0.3, -0.25) is 9.78 Å². The topological polar surface area (TPSA) is 86.0 Å². The molecule has 33 heavy (non-hydrogen) atoms. The highest BCUT2D eigenvalue weighted by Gasteiger charge is 2.33. The van der Waals surface area contributed by atoms with Gasteiger partial charge in [0.1, 0.15) is 0 Å². The van der Waals surface area contributed by atoms with Gasteiger partial charge >= 0.3 is 0 Å². The molecule has 2 aromatic rings. The van der Waals surface area contributed by atoms with E-state index in [0.29, 0.717) is 15.1 Å². The number of aromatic nitrogens is 3. The number of rotatable bonds is 5. The lowest BCUT2D eigenvalue weighted by molar-refractivity contribution is -0.123. The number of nitrogens with one attached hydrogen (secondary N) is 1. The van der Waals surface area contributed by atoms with E-state index in [-0.39, 0.29) is 23.8 Å². The molecular weight excluding hydrogens is 435 g/mol. The van der Waals surface area contributed by atoms with Crippen molar-refractivity contribution in [2.24, 2.45) is 0 Å². The molecule has 2 atom stereocenters. The lowest BCUT2D eigenvalue weighted by Crippen LogP contribution is -2.52. The third-order valence-electron chi connectivity index (χ3n) is 6.78. The molecule has 3 aliphatic heterocycles. The minimum absolute atomic E-state index is 0.00476. The van der Waals surface area contributed by atoms with Gasteiger partial charge in [0, 0.05) is 42.8 Å². The predicted molar refractivity (Wildman–Crippen MR) is 131 cm³/mol. The van der Waals surface area contributed by atoms with Crippen molar-refractivity contribution in [1.29, 1.82) is 0 Å². The summed E-state index contributed by atoms with van der Waals surface area (Å²) in [6.45, 7) is 8.81. The zero-order chi connectivity index (χ0) is 23.2. The number of likely N-dealkylation sites (tertiary alicyclic amines) is 1. The number of aliphatic hydroxyl groups is 1. The first-order valence-corrected chi connectivity index (χ1v) is 12.6. The second kappa shape index (κ2) is 8.67. The van der Waals surface area contributed by atoms with E-state index in [1.807, 2.05) is 41.7 Å². The van der Waals surface area contributed by atoms with Crippen molar-refractivity contribution in [2.45, 2.75) is 44.9 Å². The molecule has 0 spiro atoms. The number of aliphatic hydroxyl groups excluding tert-OH is 1. The smallest absolute Gasteiger partial charge is 0.252 e. The van der Waals surface area contributed by atoms with E-state index in [1.54, 1.807) is 6.08 Å². The van der Waals surface area contributed by atoms with Gasteiger partial charge < -0.3 is 20.2 Å². The van der Waals surface area contributed by atoms with E-state index in [1.165, 1.54) is 0 Å². The molecule has 3 aliphatic rings. The molecule has 0 radical (unpaired) electrons. The number of amides is 1. The summed E-state index contributed by atoms with van der Waals surface area (Å²) in [5, 5.41) is 18.3. The van der Waals surface area contributed by atoms with Crippen LogP contribution < -0.4 is 5.32 Å². The molecule has 0 aromatic carbocycles. The average molecular weight is 467 g/mol. The highest BCUT2D eigenvalue weighted by Crippen LogP contribution is 2.44. The van der Waals surface area contributed by atoms with Gasteiger partial charge in [0.05, 0.1) is 46.9 Å². The molecule has 9 heteroatoms. The van der Waals surface area contributed by atoms with Crippen LogP contribution in [0.15, 0.2) is 42.4 Å². The van der Waals surface area contributed by atoms with Crippen molar-refractivity contribution in [3.8, 4) is 0 Å². The Morgan fingerprint density at radius 3 is 2.85 bits per heavy atom. The largest absolute Gasteiger partial charge is 0.395 e. The number of fused-ring (bicyclic) bond motifs is 2. The number of piperidine rings is 1. The maximum absolute atomic E-state index is 13.1. The number of β-amino-alcohol motifs (C(OH)–C–C–N with tert-alkyl or cyclic N) is 1. The normalized spacial score (nSPS) is 23.2. The predicted octanol–water partition coefficient (Wildman–Crippen LogP) is 2.38. The standard InChI is InChI=1S/C24H31N6O2P/c1-16-14-30-20(17(2)26-16)12-19(27-30)21-13-22(32)29-15-18(4-5-23(29)33-21)28-9-6-24(3,7-10-28)25-8-11-31/h4-5,12-15,23,25,31,33H,6-11H2,1-3H3. The van der Waals surface area contributed by atoms with Crippen molar-refractivity contribution in [1.82, 2.24) is 29.7 Å². The minimum atomic E-state index is 0.00476. The fourth-order valence-electron chi connectivity index (χ4n) is 4.82. The summed E-state index contributed by atoms with van der Waals surface area (Å²) >= 11 is 0. The van der Waals surface area contributed by atoms with E-state index >= 15 is 0 Å². The Morgan fingerprint density at radius 2 is 2.09 bits per heavy atom. The van der Waals surface area contributed by atoms with Gasteiger partial charge in [0.2, 0.25) is 0 Å². The Labute approximate surface area is 195 Å². The van der Waals surface area contributed by atoms with Gasteiger partial charge in [-0.25, -0.2) is 4.52 Å². The van der Waals surface area contributed by atoms with Crippen molar-refractivity contribution < 1.29 is 9.90 Å². The van der Waals surface area contributed by atoms with Gasteiger partial charge in [0.15, 0.2) is 0 Å². The summed E-state index contributed by atoms with van der Waals surface area (Å²) < 4.78 is 1.86. The highest BCUT2D eigenvalue weighted by atomic mass is 31.1. The summed E-state index contributed by atoms with van der Waals surface area (Å²) in [7, 11) is 0.440. The van der Waals surface area contributed by atoms with Crippen LogP contribution in [-0.2, 0) is 4.79 Å². The van der Waals surface area contributed by atoms with Crippen LogP contribution in [0, 0.1) is 13.8 Å². The third-order valence-corrected chi connectivity index (χ3v) is 8.26. The quantitative estimate of drug-likeness (QED) is 0.659. The van der Waals surface area contributed by atoms with Gasteiger partial charge in [-0.05, 0) is 45.8 Å². The summed E-state index contributed by atoms with van der Waals surface area (Å²) in [5.41, 5.74) is 4.84. The maximum Gasteiger partial charge on any atom is 0.252 e. The Hall–Kier alpha value is -2.54. The van der Waals surface area contributed by atoms with Crippen molar-refractivity contribution in [2.75, 3.05) is 26.2 Å². The molecule has 5 rings (SSSR count). The first-order chi connectivity index (χ1) is 15.8. The van der Waals surface area contributed by atoms with E-state index in [9.17, 15) is 4.79 Å². The molecule has 2 aromatic heterocycles. The van der Waals surface area contributed by atoms with E-state index in [2.05, 4.69) is 34.3 Å². The SMILES string of the molecule is Cc1cn2nc(C3=CC(=O)N4C=C(N5CCC(C)(NCCO)CC5)C=CC4P3)cc2c(C)n1. The molecule has 174 valence electrons. The van der Waals surface area contributed by atoms with Crippen molar-refractivity contribution >= 4 is 25.3 Å². The zero-order valence-corrected chi connectivity index (χ0v) is 20.4.